The summed E-state index contributed by atoms with van der Waals surface area (Å²) in [5.74, 6) is -1.04. The third-order valence-corrected chi connectivity index (χ3v) is 7.05. The molecule has 1 fully saturated rings. The van der Waals surface area contributed by atoms with Gasteiger partial charge in [-0.15, -0.1) is 0 Å². The van der Waals surface area contributed by atoms with Crippen molar-refractivity contribution >= 4 is 21.6 Å². The molecule has 0 radical (unpaired) electrons. The van der Waals surface area contributed by atoms with Crippen LogP contribution in [0.4, 0.5) is 14.5 Å². The van der Waals surface area contributed by atoms with Crippen LogP contribution < -0.4 is 5.32 Å². The summed E-state index contributed by atoms with van der Waals surface area (Å²) in [6.45, 7) is 2.38. The fourth-order valence-electron chi connectivity index (χ4n) is 3.47. The van der Waals surface area contributed by atoms with E-state index >= 15 is 0 Å². The van der Waals surface area contributed by atoms with Gasteiger partial charge in [0.25, 0.3) is 0 Å². The second-order valence-electron chi connectivity index (χ2n) is 7.38. The van der Waals surface area contributed by atoms with Gasteiger partial charge in [0.2, 0.25) is 15.9 Å². The normalized spacial score (nSPS) is 17.8. The molecule has 1 aliphatic rings. The lowest BCUT2D eigenvalue weighted by Gasteiger charge is -2.32. The van der Waals surface area contributed by atoms with E-state index in [1.165, 1.54) is 22.5 Å². The van der Waals surface area contributed by atoms with Crippen molar-refractivity contribution in [2.75, 3.05) is 18.4 Å². The Morgan fingerprint density at radius 3 is 2.59 bits per heavy atom. The fourth-order valence-corrected chi connectivity index (χ4v) is 5.02. The topological polar surface area (TPSA) is 66.5 Å². The first-order valence-electron chi connectivity index (χ1n) is 9.57. The van der Waals surface area contributed by atoms with E-state index in [0.717, 1.165) is 18.6 Å². The number of anilines is 1. The highest BCUT2D eigenvalue weighted by molar-refractivity contribution is 7.89. The zero-order valence-electron chi connectivity index (χ0n) is 16.2. The number of hydrogen-bond donors (Lipinski definition) is 1. The molecule has 0 saturated carbocycles. The SMILES string of the molecule is Cc1ccc(NC(=O)CCC2CCCN(S(=O)(=O)c3ccc(F)cc3)C2)cc1F. The standard InChI is InChI=1S/C21H24F2N2O3S/c1-15-4-8-18(13-20(15)23)24-21(26)11-5-16-3-2-12-25(14-16)29(27,28)19-9-6-17(22)7-10-19/h4,6-10,13,16H,2-3,5,11-12,14H2,1H3,(H,24,26). The summed E-state index contributed by atoms with van der Waals surface area (Å²) >= 11 is 0. The predicted molar refractivity (Wildman–Crippen MR) is 107 cm³/mol. The predicted octanol–water partition coefficient (Wildman–Crippen LogP) is 4.09. The molecule has 156 valence electrons. The number of sulfonamides is 1. The van der Waals surface area contributed by atoms with Gasteiger partial charge in [-0.1, -0.05) is 6.07 Å². The Morgan fingerprint density at radius 2 is 1.90 bits per heavy atom. The molecular formula is C21H24F2N2O3S. The Labute approximate surface area is 169 Å². The van der Waals surface area contributed by atoms with Crippen molar-refractivity contribution in [3.63, 3.8) is 0 Å². The number of amides is 1. The van der Waals surface area contributed by atoms with E-state index in [-0.39, 0.29) is 29.0 Å². The molecule has 1 aliphatic heterocycles. The van der Waals surface area contributed by atoms with Crippen LogP contribution in [0.2, 0.25) is 0 Å². The molecule has 0 aliphatic carbocycles. The number of piperidine rings is 1. The Balaban J connectivity index is 1.56. The summed E-state index contributed by atoms with van der Waals surface area (Å²) in [5.41, 5.74) is 0.912. The van der Waals surface area contributed by atoms with Crippen LogP contribution in [0, 0.1) is 24.5 Å². The highest BCUT2D eigenvalue weighted by atomic mass is 32.2. The quantitative estimate of drug-likeness (QED) is 0.762. The molecule has 5 nitrogen and oxygen atoms in total. The molecule has 3 rings (SSSR count). The van der Waals surface area contributed by atoms with Crippen molar-refractivity contribution in [3.05, 3.63) is 59.7 Å². The van der Waals surface area contributed by atoms with Crippen LogP contribution in [0.5, 0.6) is 0 Å². The van der Waals surface area contributed by atoms with E-state index in [2.05, 4.69) is 5.32 Å². The number of rotatable bonds is 6. The Bertz CT molecular complexity index is 978. The number of nitrogens with zero attached hydrogens (tertiary/aromatic N) is 1. The van der Waals surface area contributed by atoms with Crippen LogP contribution in [-0.2, 0) is 14.8 Å². The molecule has 29 heavy (non-hydrogen) atoms. The van der Waals surface area contributed by atoms with Crippen molar-refractivity contribution in [1.82, 2.24) is 4.31 Å². The Hall–Kier alpha value is -2.32. The molecule has 0 bridgehead atoms. The first-order chi connectivity index (χ1) is 13.8. The maximum atomic E-state index is 13.6. The molecule has 1 unspecified atom stereocenters. The largest absolute Gasteiger partial charge is 0.326 e. The van der Waals surface area contributed by atoms with Crippen LogP contribution in [-0.4, -0.2) is 31.7 Å². The van der Waals surface area contributed by atoms with E-state index in [1.54, 1.807) is 19.1 Å². The summed E-state index contributed by atoms with van der Waals surface area (Å²) in [6.07, 6.45) is 2.30. The van der Waals surface area contributed by atoms with Gasteiger partial charge in [-0.2, -0.15) is 4.31 Å². The van der Waals surface area contributed by atoms with E-state index in [9.17, 15) is 22.0 Å². The van der Waals surface area contributed by atoms with Crippen molar-refractivity contribution in [2.45, 2.75) is 37.5 Å². The van der Waals surface area contributed by atoms with Gasteiger partial charge in [0, 0.05) is 25.2 Å². The zero-order valence-corrected chi connectivity index (χ0v) is 17.0. The number of carbonyl (C=O) groups is 1. The second-order valence-corrected chi connectivity index (χ2v) is 9.31. The first kappa shape index (κ1) is 21.4. The van der Waals surface area contributed by atoms with Crippen molar-refractivity contribution in [2.24, 2.45) is 5.92 Å². The third-order valence-electron chi connectivity index (χ3n) is 5.17. The molecule has 1 atom stereocenters. The number of nitrogens with one attached hydrogen (secondary N) is 1. The van der Waals surface area contributed by atoms with Crippen LogP contribution in [0.25, 0.3) is 0 Å². The second kappa shape index (κ2) is 9.00. The maximum absolute atomic E-state index is 13.6. The first-order valence-corrected chi connectivity index (χ1v) is 11.0. The lowest BCUT2D eigenvalue weighted by atomic mass is 9.94. The van der Waals surface area contributed by atoms with Gasteiger partial charge < -0.3 is 5.32 Å². The van der Waals surface area contributed by atoms with E-state index in [1.807, 2.05) is 0 Å². The molecule has 1 heterocycles. The van der Waals surface area contributed by atoms with Crippen molar-refractivity contribution in [3.8, 4) is 0 Å². The van der Waals surface area contributed by atoms with Crippen molar-refractivity contribution in [1.29, 1.82) is 0 Å². The molecule has 1 amide bonds. The highest BCUT2D eigenvalue weighted by Crippen LogP contribution is 2.26. The molecule has 1 N–H and O–H groups in total. The fraction of sp³-hybridized carbons (Fsp3) is 0.381. The molecular weight excluding hydrogens is 398 g/mol. The third kappa shape index (κ3) is 5.39. The lowest BCUT2D eigenvalue weighted by molar-refractivity contribution is -0.116. The van der Waals surface area contributed by atoms with Gasteiger partial charge >= 0.3 is 0 Å². The minimum atomic E-state index is -3.68. The summed E-state index contributed by atoms with van der Waals surface area (Å²) < 4.78 is 53.6. The zero-order chi connectivity index (χ0) is 21.0. The molecule has 2 aromatic carbocycles. The molecule has 0 aromatic heterocycles. The van der Waals surface area contributed by atoms with Crippen LogP contribution in [0.3, 0.4) is 0 Å². The summed E-state index contributed by atoms with van der Waals surface area (Å²) in [6, 6.07) is 9.33. The summed E-state index contributed by atoms with van der Waals surface area (Å²) in [5, 5.41) is 2.68. The number of carbonyl (C=O) groups excluding carboxylic acids is 1. The van der Waals surface area contributed by atoms with Gasteiger partial charge in [-0.05, 0) is 74.1 Å². The van der Waals surface area contributed by atoms with Gasteiger partial charge in [0.15, 0.2) is 0 Å². The van der Waals surface area contributed by atoms with E-state index < -0.39 is 15.8 Å². The number of benzene rings is 2. The summed E-state index contributed by atoms with van der Waals surface area (Å²) in [7, 11) is -3.68. The molecule has 2 aromatic rings. The van der Waals surface area contributed by atoms with Gasteiger partial charge in [-0.25, -0.2) is 17.2 Å². The molecule has 1 saturated heterocycles. The average molecular weight is 422 g/mol. The van der Waals surface area contributed by atoms with Crippen molar-refractivity contribution < 1.29 is 22.0 Å². The van der Waals surface area contributed by atoms with Gasteiger partial charge in [0.1, 0.15) is 11.6 Å². The molecule has 8 heteroatoms. The average Bonchev–Trinajstić information content (AvgIpc) is 2.70. The number of halogens is 2. The number of hydrogen-bond acceptors (Lipinski definition) is 3. The lowest BCUT2D eigenvalue weighted by Crippen LogP contribution is -2.40. The van der Waals surface area contributed by atoms with Gasteiger partial charge in [-0.3, -0.25) is 4.79 Å². The maximum Gasteiger partial charge on any atom is 0.243 e. The molecule has 0 spiro atoms. The van der Waals surface area contributed by atoms with Crippen LogP contribution in [0.1, 0.15) is 31.2 Å². The summed E-state index contributed by atoms with van der Waals surface area (Å²) in [4.78, 5) is 12.3. The Kier molecular flexibility index (Phi) is 6.64. The number of aryl methyl sites for hydroxylation is 1. The van der Waals surface area contributed by atoms with Crippen LogP contribution in [0.15, 0.2) is 47.4 Å². The monoisotopic (exact) mass is 422 g/mol. The Morgan fingerprint density at radius 1 is 1.17 bits per heavy atom. The minimum absolute atomic E-state index is 0.0551. The highest BCUT2D eigenvalue weighted by Gasteiger charge is 2.30. The smallest absolute Gasteiger partial charge is 0.243 e. The van der Waals surface area contributed by atoms with E-state index in [4.69, 9.17) is 0 Å². The van der Waals surface area contributed by atoms with E-state index in [0.29, 0.717) is 37.2 Å². The minimum Gasteiger partial charge on any atom is -0.326 e. The van der Waals surface area contributed by atoms with Gasteiger partial charge in [0.05, 0.1) is 4.90 Å². The van der Waals surface area contributed by atoms with Crippen LogP contribution >= 0.6 is 0 Å².